The van der Waals surface area contributed by atoms with Gasteiger partial charge in [-0.1, -0.05) is 6.07 Å². The van der Waals surface area contributed by atoms with E-state index in [1.807, 2.05) is 0 Å². The third-order valence-electron chi connectivity index (χ3n) is 3.15. The fraction of sp³-hybridized carbons (Fsp3) is 0.0588. The Balaban J connectivity index is 1.74. The number of pyridine rings is 1. The summed E-state index contributed by atoms with van der Waals surface area (Å²) in [7, 11) is 1.57. The van der Waals surface area contributed by atoms with E-state index >= 15 is 0 Å². The van der Waals surface area contributed by atoms with E-state index < -0.39 is 0 Å². The first-order chi connectivity index (χ1) is 11.7. The lowest BCUT2D eigenvalue weighted by atomic mass is 10.3. The number of amides is 1. The Bertz CT molecular complexity index is 839. The van der Waals surface area contributed by atoms with E-state index in [9.17, 15) is 4.79 Å². The summed E-state index contributed by atoms with van der Waals surface area (Å²) >= 11 is 0. The summed E-state index contributed by atoms with van der Waals surface area (Å²) in [4.78, 5) is 24.6. The van der Waals surface area contributed by atoms with Gasteiger partial charge in [-0.3, -0.25) is 9.78 Å². The fourth-order valence-electron chi connectivity index (χ4n) is 2.01. The maximum Gasteiger partial charge on any atom is 0.274 e. The number of anilines is 3. The second-order valence-corrected chi connectivity index (χ2v) is 4.81. The molecule has 0 atom stereocenters. The summed E-state index contributed by atoms with van der Waals surface area (Å²) in [5, 5.41) is 5.80. The quantitative estimate of drug-likeness (QED) is 0.751. The zero-order valence-electron chi connectivity index (χ0n) is 12.9. The smallest absolute Gasteiger partial charge is 0.274 e. The van der Waals surface area contributed by atoms with Gasteiger partial charge in [0, 0.05) is 36.0 Å². The minimum Gasteiger partial charge on any atom is -0.497 e. The first-order valence-electron chi connectivity index (χ1n) is 7.20. The van der Waals surface area contributed by atoms with Crippen molar-refractivity contribution in [2.24, 2.45) is 0 Å². The van der Waals surface area contributed by atoms with Crippen LogP contribution >= 0.6 is 0 Å². The van der Waals surface area contributed by atoms with E-state index in [-0.39, 0.29) is 11.6 Å². The molecule has 0 aliphatic heterocycles. The van der Waals surface area contributed by atoms with Gasteiger partial charge in [-0.25, -0.2) is 9.97 Å². The number of aromatic nitrogens is 3. The lowest BCUT2D eigenvalue weighted by Gasteiger charge is -2.08. The molecule has 24 heavy (non-hydrogen) atoms. The van der Waals surface area contributed by atoms with Crippen LogP contribution in [-0.4, -0.2) is 28.0 Å². The fourth-order valence-corrected chi connectivity index (χ4v) is 2.01. The Kier molecular flexibility index (Phi) is 4.62. The molecule has 7 heteroatoms. The highest BCUT2D eigenvalue weighted by molar-refractivity contribution is 6.03. The van der Waals surface area contributed by atoms with Crippen LogP contribution in [0.25, 0.3) is 0 Å². The van der Waals surface area contributed by atoms with Gasteiger partial charge in [-0.2, -0.15) is 0 Å². The van der Waals surface area contributed by atoms with Crippen LogP contribution in [0.1, 0.15) is 10.5 Å². The van der Waals surface area contributed by atoms with E-state index in [2.05, 4.69) is 25.6 Å². The molecule has 2 N–H and O–H groups in total. The molecule has 1 amide bonds. The molecule has 2 aromatic heterocycles. The summed E-state index contributed by atoms with van der Waals surface area (Å²) in [6.07, 6.45) is 4.83. The normalized spacial score (nSPS) is 10.0. The monoisotopic (exact) mass is 321 g/mol. The molecule has 120 valence electrons. The van der Waals surface area contributed by atoms with Gasteiger partial charge in [0.1, 0.15) is 11.4 Å². The Labute approximate surface area is 138 Å². The van der Waals surface area contributed by atoms with Gasteiger partial charge in [-0.15, -0.1) is 0 Å². The van der Waals surface area contributed by atoms with Crippen molar-refractivity contribution in [2.75, 3.05) is 17.7 Å². The van der Waals surface area contributed by atoms with Crippen LogP contribution in [0.4, 0.5) is 17.3 Å². The molecular formula is C17H15N5O2. The van der Waals surface area contributed by atoms with Gasteiger partial charge in [0.05, 0.1) is 7.11 Å². The van der Waals surface area contributed by atoms with Crippen LogP contribution in [0.2, 0.25) is 0 Å². The molecule has 7 nitrogen and oxygen atoms in total. The average molecular weight is 321 g/mol. The molecule has 0 aliphatic carbocycles. The van der Waals surface area contributed by atoms with Crippen LogP contribution in [0.5, 0.6) is 5.75 Å². The standard InChI is InChI=1S/C17H15N5O2/c1-24-14-4-2-3-13(11-14)20-16(23)15-7-10-19-17(22-15)21-12-5-8-18-9-6-12/h2-11H,1H3,(H,20,23)(H,18,19,21,22). The molecule has 0 unspecified atom stereocenters. The van der Waals surface area contributed by atoms with Crippen LogP contribution in [-0.2, 0) is 0 Å². The number of hydrogen-bond donors (Lipinski definition) is 2. The van der Waals surface area contributed by atoms with Crippen molar-refractivity contribution in [3.8, 4) is 5.75 Å². The first kappa shape index (κ1) is 15.4. The largest absolute Gasteiger partial charge is 0.497 e. The van der Waals surface area contributed by atoms with E-state index in [0.29, 0.717) is 17.4 Å². The van der Waals surface area contributed by atoms with Gasteiger partial charge in [0.25, 0.3) is 5.91 Å². The number of carbonyl (C=O) groups excluding carboxylic acids is 1. The van der Waals surface area contributed by atoms with Crippen molar-refractivity contribution >= 4 is 23.2 Å². The molecule has 0 radical (unpaired) electrons. The number of rotatable bonds is 5. The van der Waals surface area contributed by atoms with Crippen molar-refractivity contribution in [3.05, 3.63) is 66.7 Å². The number of hydrogen-bond acceptors (Lipinski definition) is 6. The zero-order chi connectivity index (χ0) is 16.8. The lowest BCUT2D eigenvalue weighted by Crippen LogP contribution is -2.14. The van der Waals surface area contributed by atoms with E-state index in [0.717, 1.165) is 5.69 Å². The third-order valence-corrected chi connectivity index (χ3v) is 3.15. The predicted molar refractivity (Wildman–Crippen MR) is 90.5 cm³/mol. The minimum atomic E-state index is -0.330. The van der Waals surface area contributed by atoms with Gasteiger partial charge in [0.15, 0.2) is 0 Å². The summed E-state index contributed by atoms with van der Waals surface area (Å²) in [6, 6.07) is 12.2. The average Bonchev–Trinajstić information content (AvgIpc) is 2.63. The molecule has 2 heterocycles. The molecular weight excluding hydrogens is 306 g/mol. The first-order valence-corrected chi connectivity index (χ1v) is 7.20. The molecule has 0 aliphatic rings. The second kappa shape index (κ2) is 7.19. The molecule has 0 saturated carbocycles. The minimum absolute atomic E-state index is 0.254. The van der Waals surface area contributed by atoms with Crippen LogP contribution in [0.15, 0.2) is 61.1 Å². The summed E-state index contributed by atoms with van der Waals surface area (Å²) in [6.45, 7) is 0. The van der Waals surface area contributed by atoms with Crippen LogP contribution in [0, 0.1) is 0 Å². The maximum absolute atomic E-state index is 12.3. The second-order valence-electron chi connectivity index (χ2n) is 4.81. The van der Waals surface area contributed by atoms with Gasteiger partial charge in [0.2, 0.25) is 5.95 Å². The van der Waals surface area contributed by atoms with Crippen molar-refractivity contribution in [1.82, 2.24) is 15.0 Å². The van der Waals surface area contributed by atoms with E-state index in [4.69, 9.17) is 4.74 Å². The maximum atomic E-state index is 12.3. The topological polar surface area (TPSA) is 89.0 Å². The Morgan fingerprint density at radius 3 is 2.67 bits per heavy atom. The highest BCUT2D eigenvalue weighted by Gasteiger charge is 2.10. The SMILES string of the molecule is COc1cccc(NC(=O)c2ccnc(Nc3ccncc3)n2)c1. The molecule has 0 bridgehead atoms. The predicted octanol–water partition coefficient (Wildman–Crippen LogP) is 2.88. The van der Waals surface area contributed by atoms with Crippen LogP contribution < -0.4 is 15.4 Å². The molecule has 1 aromatic carbocycles. The van der Waals surface area contributed by atoms with Gasteiger partial charge >= 0.3 is 0 Å². The highest BCUT2D eigenvalue weighted by atomic mass is 16.5. The van der Waals surface area contributed by atoms with Gasteiger partial charge < -0.3 is 15.4 Å². The Morgan fingerprint density at radius 2 is 1.88 bits per heavy atom. The van der Waals surface area contributed by atoms with Crippen LogP contribution in [0.3, 0.4) is 0 Å². The Morgan fingerprint density at radius 1 is 1.04 bits per heavy atom. The molecule has 3 rings (SSSR count). The van der Waals surface area contributed by atoms with Crippen molar-refractivity contribution < 1.29 is 9.53 Å². The summed E-state index contributed by atoms with van der Waals surface area (Å²) < 4.78 is 5.14. The molecule has 0 fully saturated rings. The number of carbonyl (C=O) groups is 1. The molecule has 0 spiro atoms. The number of ether oxygens (including phenoxy) is 1. The molecule has 0 saturated heterocycles. The van der Waals surface area contributed by atoms with Gasteiger partial charge in [-0.05, 0) is 30.3 Å². The number of nitrogens with one attached hydrogen (secondary N) is 2. The van der Waals surface area contributed by atoms with Crippen molar-refractivity contribution in [1.29, 1.82) is 0 Å². The van der Waals surface area contributed by atoms with E-state index in [1.54, 1.807) is 62.0 Å². The summed E-state index contributed by atoms with van der Waals surface area (Å²) in [5.41, 5.74) is 1.67. The van der Waals surface area contributed by atoms with Crippen molar-refractivity contribution in [3.63, 3.8) is 0 Å². The summed E-state index contributed by atoms with van der Waals surface area (Å²) in [5.74, 6) is 0.665. The highest BCUT2D eigenvalue weighted by Crippen LogP contribution is 2.17. The number of methoxy groups -OCH3 is 1. The number of nitrogens with zero attached hydrogens (tertiary/aromatic N) is 3. The zero-order valence-corrected chi connectivity index (χ0v) is 12.9. The third kappa shape index (κ3) is 3.83. The lowest BCUT2D eigenvalue weighted by molar-refractivity contribution is 0.102. The molecule has 3 aromatic rings. The Hall–Kier alpha value is -3.48. The number of benzene rings is 1. The van der Waals surface area contributed by atoms with Crippen molar-refractivity contribution in [2.45, 2.75) is 0 Å². The van der Waals surface area contributed by atoms with E-state index in [1.165, 1.54) is 6.20 Å².